The van der Waals surface area contributed by atoms with Crippen LogP contribution in [0.5, 0.6) is 5.75 Å². The molecule has 2 rings (SSSR count). The lowest BCUT2D eigenvalue weighted by Crippen LogP contribution is -2.03. The van der Waals surface area contributed by atoms with Crippen molar-refractivity contribution in [1.29, 1.82) is 0 Å². The summed E-state index contributed by atoms with van der Waals surface area (Å²) in [6.07, 6.45) is 0. The lowest BCUT2D eigenvalue weighted by atomic mass is 10.1. The number of ether oxygens (including phenoxy) is 1. The number of aryl methyl sites for hydroxylation is 2. The van der Waals surface area contributed by atoms with E-state index in [1.807, 2.05) is 19.2 Å². The highest BCUT2D eigenvalue weighted by Gasteiger charge is 2.12. The van der Waals surface area contributed by atoms with Gasteiger partial charge in [-0.3, -0.25) is 0 Å². The number of aromatic nitrogens is 1. The van der Waals surface area contributed by atoms with Gasteiger partial charge in [0, 0.05) is 11.1 Å². The third-order valence-electron chi connectivity index (χ3n) is 2.39. The molecule has 2 aromatic rings. The number of hydrogen-bond acceptors (Lipinski definition) is 4. The predicted octanol–water partition coefficient (Wildman–Crippen LogP) is 3.04. The van der Waals surface area contributed by atoms with Gasteiger partial charge in [0.2, 0.25) is 0 Å². The van der Waals surface area contributed by atoms with Crippen molar-refractivity contribution in [2.45, 2.75) is 20.5 Å². The SMILES string of the molecule is Cc1ccc(C(=O)O)c(OCc2nc(C)cs2)c1. The number of nitrogens with zero attached hydrogens (tertiary/aromatic N) is 1. The fourth-order valence-corrected chi connectivity index (χ4v) is 2.22. The van der Waals surface area contributed by atoms with E-state index in [2.05, 4.69) is 4.98 Å². The molecule has 0 atom stereocenters. The molecule has 5 heteroatoms. The Morgan fingerprint density at radius 1 is 1.44 bits per heavy atom. The Bertz CT molecular complexity index is 577. The minimum absolute atomic E-state index is 0.175. The first-order valence-corrected chi connectivity index (χ1v) is 6.32. The summed E-state index contributed by atoms with van der Waals surface area (Å²) < 4.78 is 5.55. The third kappa shape index (κ3) is 2.87. The van der Waals surface area contributed by atoms with E-state index in [1.54, 1.807) is 18.2 Å². The molecule has 0 saturated heterocycles. The first-order chi connectivity index (χ1) is 8.56. The second-order valence-electron chi connectivity index (χ2n) is 3.98. The van der Waals surface area contributed by atoms with E-state index in [-0.39, 0.29) is 5.56 Å². The molecule has 0 aliphatic rings. The maximum absolute atomic E-state index is 11.1. The Morgan fingerprint density at radius 3 is 2.83 bits per heavy atom. The number of benzene rings is 1. The zero-order chi connectivity index (χ0) is 13.1. The Balaban J connectivity index is 2.17. The Kier molecular flexibility index (Phi) is 3.62. The van der Waals surface area contributed by atoms with Gasteiger partial charge in [-0.1, -0.05) is 6.07 Å². The van der Waals surface area contributed by atoms with Gasteiger partial charge < -0.3 is 9.84 Å². The van der Waals surface area contributed by atoms with E-state index < -0.39 is 5.97 Å². The van der Waals surface area contributed by atoms with Crippen molar-refractivity contribution >= 4 is 17.3 Å². The summed E-state index contributed by atoms with van der Waals surface area (Å²) in [4.78, 5) is 15.3. The molecule has 0 aliphatic carbocycles. The number of aromatic carboxylic acids is 1. The molecule has 1 heterocycles. The lowest BCUT2D eigenvalue weighted by Gasteiger charge is -2.08. The molecule has 94 valence electrons. The highest BCUT2D eigenvalue weighted by molar-refractivity contribution is 7.09. The largest absolute Gasteiger partial charge is 0.486 e. The van der Waals surface area contributed by atoms with Crippen molar-refractivity contribution in [1.82, 2.24) is 4.98 Å². The lowest BCUT2D eigenvalue weighted by molar-refractivity contribution is 0.0691. The first kappa shape index (κ1) is 12.6. The van der Waals surface area contributed by atoms with Crippen LogP contribution in [0.3, 0.4) is 0 Å². The van der Waals surface area contributed by atoms with E-state index in [9.17, 15) is 4.79 Å². The van der Waals surface area contributed by atoms with Crippen LogP contribution in [-0.4, -0.2) is 16.1 Å². The van der Waals surface area contributed by atoms with Crippen molar-refractivity contribution in [2.24, 2.45) is 0 Å². The summed E-state index contributed by atoms with van der Waals surface area (Å²) in [5.41, 5.74) is 2.08. The van der Waals surface area contributed by atoms with Gasteiger partial charge in [-0.2, -0.15) is 0 Å². The summed E-state index contributed by atoms with van der Waals surface area (Å²) in [6.45, 7) is 4.10. The van der Waals surface area contributed by atoms with Gasteiger partial charge in [-0.05, 0) is 31.5 Å². The van der Waals surface area contributed by atoms with Crippen LogP contribution in [0, 0.1) is 13.8 Å². The Morgan fingerprint density at radius 2 is 2.22 bits per heavy atom. The molecule has 0 fully saturated rings. The number of thiazole rings is 1. The van der Waals surface area contributed by atoms with Gasteiger partial charge in [0.15, 0.2) is 0 Å². The predicted molar refractivity (Wildman–Crippen MR) is 69.3 cm³/mol. The molecule has 0 bridgehead atoms. The minimum atomic E-state index is -0.986. The maximum atomic E-state index is 11.1. The molecule has 18 heavy (non-hydrogen) atoms. The maximum Gasteiger partial charge on any atom is 0.339 e. The van der Waals surface area contributed by atoms with Gasteiger partial charge in [0.1, 0.15) is 22.9 Å². The summed E-state index contributed by atoms with van der Waals surface area (Å²) >= 11 is 1.50. The van der Waals surface area contributed by atoms with Gasteiger partial charge in [0.05, 0.1) is 0 Å². The average molecular weight is 263 g/mol. The Hall–Kier alpha value is -1.88. The van der Waals surface area contributed by atoms with Crippen LogP contribution in [0.4, 0.5) is 0 Å². The fourth-order valence-electron chi connectivity index (χ4n) is 1.53. The molecule has 1 aromatic heterocycles. The van der Waals surface area contributed by atoms with Crippen LogP contribution < -0.4 is 4.74 Å². The smallest absolute Gasteiger partial charge is 0.339 e. The summed E-state index contributed by atoms with van der Waals surface area (Å²) in [6, 6.07) is 5.04. The monoisotopic (exact) mass is 263 g/mol. The molecule has 1 aromatic carbocycles. The highest BCUT2D eigenvalue weighted by atomic mass is 32.1. The van der Waals surface area contributed by atoms with Crippen molar-refractivity contribution in [3.8, 4) is 5.75 Å². The van der Waals surface area contributed by atoms with Crippen LogP contribution in [-0.2, 0) is 6.61 Å². The van der Waals surface area contributed by atoms with Crippen molar-refractivity contribution in [3.63, 3.8) is 0 Å². The standard InChI is InChI=1S/C13H13NO3S/c1-8-3-4-10(13(15)16)11(5-8)17-6-12-14-9(2)7-18-12/h3-5,7H,6H2,1-2H3,(H,15,16). The molecule has 0 unspecified atom stereocenters. The normalized spacial score (nSPS) is 10.3. The second kappa shape index (κ2) is 5.18. The molecule has 0 aliphatic heterocycles. The minimum Gasteiger partial charge on any atom is -0.486 e. The van der Waals surface area contributed by atoms with Crippen LogP contribution in [0.15, 0.2) is 23.6 Å². The number of carbonyl (C=O) groups is 1. The quantitative estimate of drug-likeness (QED) is 0.921. The number of carboxylic acid groups (broad SMARTS) is 1. The van der Waals surface area contributed by atoms with Gasteiger partial charge in [-0.25, -0.2) is 9.78 Å². The average Bonchev–Trinajstić information content (AvgIpc) is 2.72. The highest BCUT2D eigenvalue weighted by Crippen LogP contribution is 2.22. The molecule has 0 spiro atoms. The van der Waals surface area contributed by atoms with E-state index in [4.69, 9.17) is 9.84 Å². The second-order valence-corrected chi connectivity index (χ2v) is 4.92. The van der Waals surface area contributed by atoms with Gasteiger partial charge in [-0.15, -0.1) is 11.3 Å². The van der Waals surface area contributed by atoms with Crippen molar-refractivity contribution in [2.75, 3.05) is 0 Å². The molecular weight excluding hydrogens is 250 g/mol. The zero-order valence-corrected chi connectivity index (χ0v) is 11.0. The summed E-state index contributed by atoms with van der Waals surface area (Å²) in [5.74, 6) is -0.601. The molecule has 1 N–H and O–H groups in total. The third-order valence-corrected chi connectivity index (χ3v) is 3.33. The fraction of sp³-hybridized carbons (Fsp3) is 0.231. The van der Waals surface area contributed by atoms with Gasteiger partial charge >= 0.3 is 5.97 Å². The van der Waals surface area contributed by atoms with E-state index in [1.165, 1.54) is 11.3 Å². The topological polar surface area (TPSA) is 59.4 Å². The molecule has 4 nitrogen and oxygen atoms in total. The number of hydrogen-bond donors (Lipinski definition) is 1. The van der Waals surface area contributed by atoms with Crippen molar-refractivity contribution < 1.29 is 14.6 Å². The van der Waals surface area contributed by atoms with Crippen LogP contribution in [0.25, 0.3) is 0 Å². The van der Waals surface area contributed by atoms with E-state index >= 15 is 0 Å². The Labute approximate surface area is 109 Å². The molecule has 0 saturated carbocycles. The number of carboxylic acids is 1. The van der Waals surface area contributed by atoms with Gasteiger partial charge in [0.25, 0.3) is 0 Å². The summed E-state index contributed by atoms with van der Waals surface area (Å²) in [5, 5.41) is 11.8. The van der Waals surface area contributed by atoms with E-state index in [0.29, 0.717) is 12.4 Å². The first-order valence-electron chi connectivity index (χ1n) is 5.44. The molecule has 0 radical (unpaired) electrons. The van der Waals surface area contributed by atoms with E-state index in [0.717, 1.165) is 16.3 Å². The van der Waals surface area contributed by atoms with Crippen LogP contribution >= 0.6 is 11.3 Å². The summed E-state index contributed by atoms with van der Waals surface area (Å²) in [7, 11) is 0. The number of rotatable bonds is 4. The van der Waals surface area contributed by atoms with Crippen LogP contribution in [0.2, 0.25) is 0 Å². The van der Waals surface area contributed by atoms with Crippen molar-refractivity contribution in [3.05, 3.63) is 45.4 Å². The molecule has 0 amide bonds. The molecular formula is C13H13NO3S. The zero-order valence-electron chi connectivity index (χ0n) is 10.1. The van der Waals surface area contributed by atoms with Crippen LogP contribution in [0.1, 0.15) is 26.6 Å².